The molecule has 1 saturated carbocycles. The van der Waals surface area contributed by atoms with E-state index in [9.17, 15) is 0 Å². The van der Waals surface area contributed by atoms with E-state index in [1.807, 2.05) is 0 Å². The second-order valence-corrected chi connectivity index (χ2v) is 4.30. The highest BCUT2D eigenvalue weighted by Gasteiger charge is 2.21. The molecule has 16 heavy (non-hydrogen) atoms. The largest absolute Gasteiger partial charge is 0.370 e. The minimum absolute atomic E-state index is 0.472. The number of guanidine groups is 1. The summed E-state index contributed by atoms with van der Waals surface area (Å²) in [7, 11) is 0. The zero-order chi connectivity index (χ0) is 11.5. The SMILES string of the molecule is CCN(C(N)=NC1CC1)c1ccc(C)cc1. The number of rotatable bonds is 3. The lowest BCUT2D eigenvalue weighted by Gasteiger charge is -2.22. The monoisotopic (exact) mass is 217 g/mol. The fraction of sp³-hybridized carbons (Fsp3) is 0.462. The zero-order valence-corrected chi connectivity index (χ0v) is 9.98. The summed E-state index contributed by atoms with van der Waals surface area (Å²) in [6.45, 7) is 5.03. The maximum absolute atomic E-state index is 6.02. The Labute approximate surface area is 97.0 Å². The summed E-state index contributed by atoms with van der Waals surface area (Å²) in [5.41, 5.74) is 8.40. The highest BCUT2D eigenvalue weighted by atomic mass is 15.3. The van der Waals surface area contributed by atoms with Crippen molar-refractivity contribution in [2.75, 3.05) is 11.4 Å². The van der Waals surface area contributed by atoms with Crippen molar-refractivity contribution in [1.82, 2.24) is 0 Å². The first-order chi connectivity index (χ1) is 7.70. The van der Waals surface area contributed by atoms with Crippen molar-refractivity contribution in [3.8, 4) is 0 Å². The van der Waals surface area contributed by atoms with Gasteiger partial charge < -0.3 is 10.6 Å². The Morgan fingerprint density at radius 2 is 2.00 bits per heavy atom. The molecule has 1 fully saturated rings. The molecule has 1 aliphatic carbocycles. The lowest BCUT2D eigenvalue weighted by atomic mass is 10.2. The van der Waals surface area contributed by atoms with E-state index in [1.165, 1.54) is 18.4 Å². The second kappa shape index (κ2) is 4.56. The molecule has 3 nitrogen and oxygen atoms in total. The van der Waals surface area contributed by atoms with Crippen molar-refractivity contribution >= 4 is 11.6 Å². The van der Waals surface area contributed by atoms with E-state index in [0.29, 0.717) is 12.0 Å². The molecule has 0 aromatic heterocycles. The summed E-state index contributed by atoms with van der Waals surface area (Å²) >= 11 is 0. The van der Waals surface area contributed by atoms with Crippen LogP contribution in [0.25, 0.3) is 0 Å². The Balaban J connectivity index is 2.17. The Morgan fingerprint density at radius 3 is 2.50 bits per heavy atom. The predicted octanol–water partition coefficient (Wildman–Crippen LogP) is 2.30. The van der Waals surface area contributed by atoms with E-state index >= 15 is 0 Å². The summed E-state index contributed by atoms with van der Waals surface area (Å²) in [5, 5.41) is 0. The first kappa shape index (κ1) is 11.0. The van der Waals surface area contributed by atoms with E-state index in [2.05, 4.69) is 48.0 Å². The number of benzene rings is 1. The van der Waals surface area contributed by atoms with Crippen LogP contribution in [0.4, 0.5) is 5.69 Å². The van der Waals surface area contributed by atoms with E-state index in [4.69, 9.17) is 5.73 Å². The van der Waals surface area contributed by atoms with Crippen molar-refractivity contribution in [2.45, 2.75) is 32.7 Å². The lowest BCUT2D eigenvalue weighted by molar-refractivity contribution is 0.988. The fourth-order valence-corrected chi connectivity index (χ4v) is 1.66. The first-order valence-electron chi connectivity index (χ1n) is 5.88. The minimum atomic E-state index is 0.472. The predicted molar refractivity (Wildman–Crippen MR) is 68.8 cm³/mol. The topological polar surface area (TPSA) is 41.6 Å². The van der Waals surface area contributed by atoms with Gasteiger partial charge in [-0.1, -0.05) is 17.7 Å². The van der Waals surface area contributed by atoms with Crippen LogP contribution in [0.1, 0.15) is 25.3 Å². The third-order valence-corrected chi connectivity index (χ3v) is 2.80. The molecule has 0 aliphatic heterocycles. The van der Waals surface area contributed by atoms with Gasteiger partial charge in [-0.05, 0) is 38.8 Å². The van der Waals surface area contributed by atoms with Crippen LogP contribution in [-0.4, -0.2) is 18.5 Å². The van der Waals surface area contributed by atoms with Crippen LogP contribution in [0.2, 0.25) is 0 Å². The molecule has 0 saturated heterocycles. The van der Waals surface area contributed by atoms with E-state index < -0.39 is 0 Å². The minimum Gasteiger partial charge on any atom is -0.370 e. The zero-order valence-electron chi connectivity index (χ0n) is 9.98. The standard InChI is InChI=1S/C13H19N3/c1-3-16(13(14)15-11-6-7-11)12-8-4-10(2)5-9-12/h4-5,8-9,11H,3,6-7H2,1-2H3,(H2,14,15). The van der Waals surface area contributed by atoms with Gasteiger partial charge in [-0.2, -0.15) is 0 Å². The summed E-state index contributed by atoms with van der Waals surface area (Å²) in [6.07, 6.45) is 2.37. The number of anilines is 1. The summed E-state index contributed by atoms with van der Waals surface area (Å²) < 4.78 is 0. The van der Waals surface area contributed by atoms with Crippen LogP contribution in [0.15, 0.2) is 29.3 Å². The third kappa shape index (κ3) is 2.54. The molecule has 3 heteroatoms. The van der Waals surface area contributed by atoms with Crippen molar-refractivity contribution < 1.29 is 0 Å². The Hall–Kier alpha value is -1.51. The molecule has 0 heterocycles. The number of hydrogen-bond donors (Lipinski definition) is 1. The number of aliphatic imine (C=N–C) groups is 1. The molecule has 2 rings (SSSR count). The fourth-order valence-electron chi connectivity index (χ4n) is 1.66. The normalized spacial score (nSPS) is 16.2. The van der Waals surface area contributed by atoms with Crippen LogP contribution in [0.3, 0.4) is 0 Å². The molecule has 1 aliphatic rings. The number of nitrogens with two attached hydrogens (primary N) is 1. The van der Waals surface area contributed by atoms with Gasteiger partial charge in [-0.15, -0.1) is 0 Å². The third-order valence-electron chi connectivity index (χ3n) is 2.80. The molecule has 0 spiro atoms. The summed E-state index contributed by atoms with van der Waals surface area (Å²) in [4.78, 5) is 6.53. The molecule has 1 aromatic carbocycles. The number of hydrogen-bond acceptors (Lipinski definition) is 1. The van der Waals surface area contributed by atoms with Gasteiger partial charge in [0.15, 0.2) is 5.96 Å². The Morgan fingerprint density at radius 1 is 1.38 bits per heavy atom. The molecular formula is C13H19N3. The van der Waals surface area contributed by atoms with Gasteiger partial charge in [0.1, 0.15) is 0 Å². The molecule has 0 bridgehead atoms. The Bertz CT molecular complexity index is 377. The maximum atomic E-state index is 6.02. The average molecular weight is 217 g/mol. The van der Waals surface area contributed by atoms with Gasteiger partial charge in [0.05, 0.1) is 6.04 Å². The molecule has 2 N–H and O–H groups in total. The van der Waals surface area contributed by atoms with Gasteiger partial charge in [0.2, 0.25) is 0 Å². The smallest absolute Gasteiger partial charge is 0.196 e. The summed E-state index contributed by atoms with van der Waals surface area (Å²) in [5.74, 6) is 0.647. The van der Waals surface area contributed by atoms with Gasteiger partial charge in [-0.25, -0.2) is 4.99 Å². The van der Waals surface area contributed by atoms with Gasteiger partial charge in [0.25, 0.3) is 0 Å². The van der Waals surface area contributed by atoms with Crippen LogP contribution < -0.4 is 10.6 Å². The highest BCUT2D eigenvalue weighted by molar-refractivity contribution is 5.94. The maximum Gasteiger partial charge on any atom is 0.196 e. The quantitative estimate of drug-likeness (QED) is 0.623. The van der Waals surface area contributed by atoms with E-state index in [-0.39, 0.29) is 0 Å². The average Bonchev–Trinajstić information content (AvgIpc) is 3.06. The first-order valence-corrected chi connectivity index (χ1v) is 5.88. The number of nitrogens with zero attached hydrogens (tertiary/aromatic N) is 2. The lowest BCUT2D eigenvalue weighted by Crippen LogP contribution is -2.37. The van der Waals surface area contributed by atoms with E-state index in [1.54, 1.807) is 0 Å². The van der Waals surface area contributed by atoms with E-state index in [0.717, 1.165) is 12.2 Å². The van der Waals surface area contributed by atoms with Gasteiger partial charge in [0, 0.05) is 12.2 Å². The number of aryl methyl sites for hydroxylation is 1. The van der Waals surface area contributed by atoms with Crippen molar-refractivity contribution in [3.05, 3.63) is 29.8 Å². The van der Waals surface area contributed by atoms with Gasteiger partial charge in [-0.3, -0.25) is 0 Å². The molecule has 0 radical (unpaired) electrons. The Kier molecular flexibility index (Phi) is 3.13. The van der Waals surface area contributed by atoms with Crippen LogP contribution in [-0.2, 0) is 0 Å². The molecule has 0 atom stereocenters. The second-order valence-electron chi connectivity index (χ2n) is 4.30. The van der Waals surface area contributed by atoms with Crippen molar-refractivity contribution in [2.24, 2.45) is 10.7 Å². The van der Waals surface area contributed by atoms with Crippen LogP contribution in [0, 0.1) is 6.92 Å². The molecular weight excluding hydrogens is 198 g/mol. The molecule has 0 amide bonds. The van der Waals surface area contributed by atoms with Crippen LogP contribution in [0.5, 0.6) is 0 Å². The van der Waals surface area contributed by atoms with Crippen molar-refractivity contribution in [3.63, 3.8) is 0 Å². The molecule has 0 unspecified atom stereocenters. The molecule has 1 aromatic rings. The highest BCUT2D eigenvalue weighted by Crippen LogP contribution is 2.24. The van der Waals surface area contributed by atoms with Crippen LogP contribution >= 0.6 is 0 Å². The summed E-state index contributed by atoms with van der Waals surface area (Å²) in [6, 6.07) is 8.85. The molecule has 86 valence electrons. The van der Waals surface area contributed by atoms with Gasteiger partial charge >= 0.3 is 0 Å². The van der Waals surface area contributed by atoms with Crippen molar-refractivity contribution in [1.29, 1.82) is 0 Å².